The summed E-state index contributed by atoms with van der Waals surface area (Å²) in [4.78, 5) is 11.6. The predicted molar refractivity (Wildman–Crippen MR) is 72.4 cm³/mol. The molecule has 0 spiro atoms. The van der Waals surface area contributed by atoms with Crippen LogP contribution in [-0.4, -0.2) is 18.3 Å². The first-order valence-corrected chi connectivity index (χ1v) is 6.53. The molecular weight excluding hydrogens is 234 g/mol. The number of amides is 1. The van der Waals surface area contributed by atoms with Gasteiger partial charge in [0.1, 0.15) is 0 Å². The number of alkyl halides is 1. The van der Waals surface area contributed by atoms with E-state index >= 15 is 0 Å². The second kappa shape index (κ2) is 7.33. The van der Waals surface area contributed by atoms with Gasteiger partial charge in [-0.25, -0.2) is 0 Å². The van der Waals surface area contributed by atoms with E-state index < -0.39 is 0 Å². The zero-order chi connectivity index (χ0) is 12.7. The molecule has 1 unspecified atom stereocenters. The molecule has 0 aromatic heterocycles. The topological polar surface area (TPSA) is 29.1 Å². The molecule has 1 N–H and O–H groups in total. The molecule has 2 nitrogen and oxygen atoms in total. The molecule has 17 heavy (non-hydrogen) atoms. The first kappa shape index (κ1) is 14.0. The Morgan fingerprint density at radius 1 is 1.47 bits per heavy atom. The Kier molecular flexibility index (Phi) is 6.06. The van der Waals surface area contributed by atoms with Crippen LogP contribution in [0, 0.1) is 12.8 Å². The SMILES string of the molecule is Cc1cccc(CCC(=O)NCC(C)CCl)c1. The van der Waals surface area contributed by atoms with Crippen molar-refractivity contribution in [2.75, 3.05) is 12.4 Å². The van der Waals surface area contributed by atoms with Gasteiger partial charge >= 0.3 is 0 Å². The summed E-state index contributed by atoms with van der Waals surface area (Å²) in [6.07, 6.45) is 1.33. The van der Waals surface area contributed by atoms with Crippen LogP contribution in [0.2, 0.25) is 0 Å². The van der Waals surface area contributed by atoms with Gasteiger partial charge in [-0.2, -0.15) is 0 Å². The van der Waals surface area contributed by atoms with Crippen molar-refractivity contribution in [3.63, 3.8) is 0 Å². The lowest BCUT2D eigenvalue weighted by Crippen LogP contribution is -2.28. The number of benzene rings is 1. The van der Waals surface area contributed by atoms with E-state index in [4.69, 9.17) is 11.6 Å². The monoisotopic (exact) mass is 253 g/mol. The first-order chi connectivity index (χ1) is 8.11. The number of carbonyl (C=O) groups is 1. The van der Waals surface area contributed by atoms with E-state index in [0.717, 1.165) is 6.42 Å². The molecule has 0 fully saturated rings. The summed E-state index contributed by atoms with van der Waals surface area (Å²) < 4.78 is 0. The van der Waals surface area contributed by atoms with Crippen molar-refractivity contribution in [2.45, 2.75) is 26.7 Å². The Balaban J connectivity index is 2.28. The number of nitrogens with one attached hydrogen (secondary N) is 1. The third-order valence-electron chi connectivity index (χ3n) is 2.63. The Bertz CT molecular complexity index is 365. The number of aryl methyl sites for hydroxylation is 2. The minimum atomic E-state index is 0.100. The maximum absolute atomic E-state index is 11.6. The number of rotatable bonds is 6. The van der Waals surface area contributed by atoms with Gasteiger partial charge in [0.05, 0.1) is 0 Å². The maximum atomic E-state index is 11.6. The zero-order valence-electron chi connectivity index (χ0n) is 10.5. The van der Waals surface area contributed by atoms with E-state index in [-0.39, 0.29) is 5.91 Å². The molecule has 1 amide bonds. The average Bonchev–Trinajstić information content (AvgIpc) is 2.33. The predicted octanol–water partition coefficient (Wildman–Crippen LogP) is 2.92. The highest BCUT2D eigenvalue weighted by Crippen LogP contribution is 2.06. The molecule has 1 rings (SSSR count). The highest BCUT2D eigenvalue weighted by molar-refractivity contribution is 6.18. The van der Waals surface area contributed by atoms with Gasteiger partial charge in [0.25, 0.3) is 0 Å². The molecular formula is C14H20ClNO. The number of halogens is 1. The van der Waals surface area contributed by atoms with E-state index in [1.54, 1.807) is 0 Å². The smallest absolute Gasteiger partial charge is 0.220 e. The fraction of sp³-hybridized carbons (Fsp3) is 0.500. The van der Waals surface area contributed by atoms with Crippen molar-refractivity contribution in [2.24, 2.45) is 5.92 Å². The van der Waals surface area contributed by atoms with Crippen LogP contribution in [-0.2, 0) is 11.2 Å². The third-order valence-corrected chi connectivity index (χ3v) is 3.16. The van der Waals surface area contributed by atoms with Crippen LogP contribution in [0.4, 0.5) is 0 Å². The van der Waals surface area contributed by atoms with Crippen LogP contribution < -0.4 is 5.32 Å². The van der Waals surface area contributed by atoms with Gasteiger partial charge in [-0.1, -0.05) is 36.8 Å². The van der Waals surface area contributed by atoms with Crippen molar-refractivity contribution in [1.82, 2.24) is 5.32 Å². The third kappa shape index (κ3) is 5.73. The van der Waals surface area contributed by atoms with E-state index in [0.29, 0.717) is 24.8 Å². The van der Waals surface area contributed by atoms with Crippen LogP contribution >= 0.6 is 11.6 Å². The molecule has 0 saturated heterocycles. The molecule has 0 aliphatic carbocycles. The molecule has 0 radical (unpaired) electrons. The average molecular weight is 254 g/mol. The van der Waals surface area contributed by atoms with Crippen molar-refractivity contribution in [3.8, 4) is 0 Å². The minimum absolute atomic E-state index is 0.100. The molecule has 0 heterocycles. The molecule has 1 atom stereocenters. The maximum Gasteiger partial charge on any atom is 0.220 e. The molecule has 1 aromatic carbocycles. The normalized spacial score (nSPS) is 12.2. The van der Waals surface area contributed by atoms with Crippen LogP contribution in [0.1, 0.15) is 24.5 Å². The molecule has 0 aliphatic rings. The van der Waals surface area contributed by atoms with Gasteiger partial charge in [-0.3, -0.25) is 4.79 Å². The summed E-state index contributed by atoms with van der Waals surface area (Å²) in [5.74, 6) is 1.01. The molecule has 3 heteroatoms. The van der Waals surface area contributed by atoms with E-state index in [1.807, 2.05) is 13.0 Å². The lowest BCUT2D eigenvalue weighted by atomic mass is 10.1. The van der Waals surface area contributed by atoms with Gasteiger partial charge in [0.2, 0.25) is 5.91 Å². The number of hydrogen-bond acceptors (Lipinski definition) is 1. The summed E-state index contributed by atoms with van der Waals surface area (Å²) in [6, 6.07) is 8.26. The van der Waals surface area contributed by atoms with E-state index in [2.05, 4.69) is 30.4 Å². The Labute approximate surface area is 108 Å². The lowest BCUT2D eigenvalue weighted by molar-refractivity contribution is -0.121. The molecule has 0 aliphatic heterocycles. The van der Waals surface area contributed by atoms with Gasteiger partial charge in [-0.15, -0.1) is 11.6 Å². The van der Waals surface area contributed by atoms with Gasteiger partial charge in [0, 0.05) is 18.8 Å². The van der Waals surface area contributed by atoms with Gasteiger partial charge in [0.15, 0.2) is 0 Å². The van der Waals surface area contributed by atoms with E-state index in [1.165, 1.54) is 11.1 Å². The zero-order valence-corrected chi connectivity index (χ0v) is 11.3. The number of carbonyl (C=O) groups excluding carboxylic acids is 1. The Morgan fingerprint density at radius 3 is 2.88 bits per heavy atom. The van der Waals surface area contributed by atoms with Crippen molar-refractivity contribution >= 4 is 17.5 Å². The molecule has 1 aromatic rings. The van der Waals surface area contributed by atoms with Crippen molar-refractivity contribution in [3.05, 3.63) is 35.4 Å². The van der Waals surface area contributed by atoms with Crippen molar-refractivity contribution < 1.29 is 4.79 Å². The fourth-order valence-corrected chi connectivity index (χ4v) is 1.67. The molecule has 0 bridgehead atoms. The highest BCUT2D eigenvalue weighted by atomic mass is 35.5. The van der Waals surface area contributed by atoms with Crippen LogP contribution in [0.15, 0.2) is 24.3 Å². The quantitative estimate of drug-likeness (QED) is 0.776. The van der Waals surface area contributed by atoms with Crippen LogP contribution in [0.5, 0.6) is 0 Å². The fourth-order valence-electron chi connectivity index (χ4n) is 1.56. The summed E-state index contributed by atoms with van der Waals surface area (Å²) in [6.45, 7) is 4.75. The second-order valence-corrected chi connectivity index (χ2v) is 4.86. The summed E-state index contributed by atoms with van der Waals surface area (Å²) in [5.41, 5.74) is 2.45. The number of hydrogen-bond donors (Lipinski definition) is 1. The first-order valence-electron chi connectivity index (χ1n) is 6.00. The summed E-state index contributed by atoms with van der Waals surface area (Å²) in [7, 11) is 0. The molecule has 94 valence electrons. The van der Waals surface area contributed by atoms with Crippen LogP contribution in [0.3, 0.4) is 0 Å². The van der Waals surface area contributed by atoms with Crippen molar-refractivity contribution in [1.29, 1.82) is 0 Å². The van der Waals surface area contributed by atoms with Crippen LogP contribution in [0.25, 0.3) is 0 Å². The lowest BCUT2D eigenvalue weighted by Gasteiger charge is -2.09. The second-order valence-electron chi connectivity index (χ2n) is 4.55. The highest BCUT2D eigenvalue weighted by Gasteiger charge is 2.05. The van der Waals surface area contributed by atoms with Gasteiger partial charge in [-0.05, 0) is 24.8 Å². The van der Waals surface area contributed by atoms with E-state index in [9.17, 15) is 4.79 Å². The summed E-state index contributed by atoms with van der Waals surface area (Å²) >= 11 is 5.67. The summed E-state index contributed by atoms with van der Waals surface area (Å²) in [5, 5.41) is 2.89. The largest absolute Gasteiger partial charge is 0.356 e. The Morgan fingerprint density at radius 2 is 2.24 bits per heavy atom. The Hall–Kier alpha value is -1.02. The minimum Gasteiger partial charge on any atom is -0.356 e. The molecule has 0 saturated carbocycles. The standard InChI is InChI=1S/C14H20ClNO/c1-11-4-3-5-13(8-11)6-7-14(17)16-10-12(2)9-15/h3-5,8,12H,6-7,9-10H2,1-2H3,(H,16,17). The van der Waals surface area contributed by atoms with Gasteiger partial charge < -0.3 is 5.32 Å².